The standard InChI is InChI=1S/C18H20ClNO/c1-2-7-20-10-13-3-6-17(18(19)8-13)14-4-5-15-11-21-12-16(15)9-14/h3-6,8-9,20H,2,7,10-12H2,1H3. The second-order valence-electron chi connectivity index (χ2n) is 5.47. The van der Waals surface area contributed by atoms with Crippen LogP contribution in [0, 0.1) is 0 Å². The maximum atomic E-state index is 6.47. The Labute approximate surface area is 131 Å². The van der Waals surface area contributed by atoms with Crippen LogP contribution in [0.3, 0.4) is 0 Å². The Morgan fingerprint density at radius 2 is 1.95 bits per heavy atom. The molecular weight excluding hydrogens is 282 g/mol. The summed E-state index contributed by atoms with van der Waals surface area (Å²) in [6, 6.07) is 12.8. The predicted octanol–water partition coefficient (Wildman–Crippen LogP) is 4.54. The molecule has 0 saturated heterocycles. The Morgan fingerprint density at radius 1 is 1.10 bits per heavy atom. The van der Waals surface area contributed by atoms with Gasteiger partial charge in [0.25, 0.3) is 0 Å². The van der Waals surface area contributed by atoms with Crippen molar-refractivity contribution in [3.8, 4) is 11.1 Å². The van der Waals surface area contributed by atoms with Crippen molar-refractivity contribution in [1.82, 2.24) is 5.32 Å². The van der Waals surface area contributed by atoms with Crippen molar-refractivity contribution >= 4 is 11.6 Å². The summed E-state index contributed by atoms with van der Waals surface area (Å²) in [4.78, 5) is 0. The molecule has 21 heavy (non-hydrogen) atoms. The van der Waals surface area contributed by atoms with Crippen LogP contribution < -0.4 is 5.32 Å². The summed E-state index contributed by atoms with van der Waals surface area (Å²) in [5.74, 6) is 0. The maximum Gasteiger partial charge on any atom is 0.0725 e. The van der Waals surface area contributed by atoms with Crippen molar-refractivity contribution in [1.29, 1.82) is 0 Å². The molecule has 2 aromatic carbocycles. The number of hydrogen-bond acceptors (Lipinski definition) is 2. The Bertz CT molecular complexity index is 639. The van der Waals surface area contributed by atoms with E-state index >= 15 is 0 Å². The molecule has 0 spiro atoms. The predicted molar refractivity (Wildman–Crippen MR) is 87.4 cm³/mol. The van der Waals surface area contributed by atoms with E-state index in [2.05, 4.69) is 48.6 Å². The normalized spacial score (nSPS) is 13.4. The molecule has 2 aromatic rings. The number of hydrogen-bond donors (Lipinski definition) is 1. The van der Waals surface area contributed by atoms with E-state index in [-0.39, 0.29) is 0 Å². The molecule has 0 amide bonds. The van der Waals surface area contributed by atoms with E-state index in [4.69, 9.17) is 16.3 Å². The molecule has 0 atom stereocenters. The average Bonchev–Trinajstić information content (AvgIpc) is 2.95. The van der Waals surface area contributed by atoms with E-state index in [9.17, 15) is 0 Å². The van der Waals surface area contributed by atoms with Crippen molar-refractivity contribution in [3.63, 3.8) is 0 Å². The lowest BCUT2D eigenvalue weighted by atomic mass is 9.99. The van der Waals surface area contributed by atoms with E-state index in [1.54, 1.807) is 0 Å². The summed E-state index contributed by atoms with van der Waals surface area (Å²) < 4.78 is 5.47. The zero-order valence-corrected chi connectivity index (χ0v) is 13.0. The van der Waals surface area contributed by atoms with Crippen LogP contribution in [0.4, 0.5) is 0 Å². The smallest absolute Gasteiger partial charge is 0.0725 e. The molecule has 0 saturated carbocycles. The van der Waals surface area contributed by atoms with Crippen LogP contribution in [-0.4, -0.2) is 6.54 Å². The Hall–Kier alpha value is -1.35. The summed E-state index contributed by atoms with van der Waals surface area (Å²) in [7, 11) is 0. The van der Waals surface area contributed by atoms with Crippen LogP contribution >= 0.6 is 11.6 Å². The van der Waals surface area contributed by atoms with Gasteiger partial charge in [0.1, 0.15) is 0 Å². The fourth-order valence-corrected chi connectivity index (χ4v) is 2.96. The van der Waals surface area contributed by atoms with Crippen molar-refractivity contribution in [3.05, 3.63) is 58.1 Å². The lowest BCUT2D eigenvalue weighted by molar-refractivity contribution is 0.134. The average molecular weight is 302 g/mol. The van der Waals surface area contributed by atoms with Crippen LogP contribution in [0.1, 0.15) is 30.0 Å². The van der Waals surface area contributed by atoms with Gasteiger partial charge in [-0.2, -0.15) is 0 Å². The first-order valence-electron chi connectivity index (χ1n) is 7.47. The number of ether oxygens (including phenoxy) is 1. The van der Waals surface area contributed by atoms with Gasteiger partial charge in [-0.1, -0.05) is 42.8 Å². The van der Waals surface area contributed by atoms with Gasteiger partial charge in [0, 0.05) is 17.1 Å². The van der Waals surface area contributed by atoms with Gasteiger partial charge in [-0.05, 0) is 47.4 Å². The zero-order chi connectivity index (χ0) is 14.7. The summed E-state index contributed by atoms with van der Waals surface area (Å²) >= 11 is 6.47. The van der Waals surface area contributed by atoms with Gasteiger partial charge in [0.2, 0.25) is 0 Å². The molecule has 0 aromatic heterocycles. The van der Waals surface area contributed by atoms with E-state index in [1.807, 2.05) is 0 Å². The molecule has 0 aliphatic carbocycles. The Morgan fingerprint density at radius 3 is 2.76 bits per heavy atom. The topological polar surface area (TPSA) is 21.3 Å². The van der Waals surface area contributed by atoms with Crippen LogP contribution in [0.5, 0.6) is 0 Å². The Kier molecular flexibility index (Phi) is 4.59. The van der Waals surface area contributed by atoms with Gasteiger partial charge >= 0.3 is 0 Å². The van der Waals surface area contributed by atoms with Crippen LogP contribution in [-0.2, 0) is 24.5 Å². The number of benzene rings is 2. The van der Waals surface area contributed by atoms with Crippen molar-refractivity contribution < 1.29 is 4.74 Å². The van der Waals surface area contributed by atoms with E-state index in [0.717, 1.165) is 42.3 Å². The van der Waals surface area contributed by atoms with Crippen LogP contribution in [0.25, 0.3) is 11.1 Å². The SMILES string of the molecule is CCCNCc1ccc(-c2ccc3c(c2)COC3)c(Cl)c1. The molecular formula is C18H20ClNO. The molecule has 0 radical (unpaired) electrons. The quantitative estimate of drug-likeness (QED) is 0.819. The van der Waals surface area contributed by atoms with Crippen LogP contribution in [0.15, 0.2) is 36.4 Å². The molecule has 110 valence electrons. The number of nitrogens with one attached hydrogen (secondary N) is 1. The third kappa shape index (κ3) is 3.29. The van der Waals surface area contributed by atoms with Gasteiger partial charge in [0.05, 0.1) is 13.2 Å². The third-order valence-electron chi connectivity index (χ3n) is 3.82. The zero-order valence-electron chi connectivity index (χ0n) is 12.3. The van der Waals surface area contributed by atoms with Gasteiger partial charge in [-0.3, -0.25) is 0 Å². The minimum absolute atomic E-state index is 0.708. The molecule has 2 nitrogen and oxygen atoms in total. The molecule has 0 bridgehead atoms. The maximum absolute atomic E-state index is 6.47. The lowest BCUT2D eigenvalue weighted by Gasteiger charge is -2.09. The first kappa shape index (κ1) is 14.6. The Balaban J connectivity index is 1.82. The van der Waals surface area contributed by atoms with E-state index < -0.39 is 0 Å². The molecule has 0 fully saturated rings. The summed E-state index contributed by atoms with van der Waals surface area (Å²) in [6.45, 7) is 5.50. The molecule has 1 aliphatic heterocycles. The summed E-state index contributed by atoms with van der Waals surface area (Å²) in [5.41, 5.74) is 6.04. The fourth-order valence-electron chi connectivity index (χ4n) is 2.65. The lowest BCUT2D eigenvalue weighted by Crippen LogP contribution is -2.13. The van der Waals surface area contributed by atoms with E-state index in [0.29, 0.717) is 6.61 Å². The second kappa shape index (κ2) is 6.61. The molecule has 3 heteroatoms. The van der Waals surface area contributed by atoms with E-state index in [1.165, 1.54) is 16.7 Å². The fraction of sp³-hybridized carbons (Fsp3) is 0.333. The first-order valence-corrected chi connectivity index (χ1v) is 7.85. The van der Waals surface area contributed by atoms with Crippen molar-refractivity contribution in [2.24, 2.45) is 0 Å². The molecule has 1 aliphatic rings. The minimum Gasteiger partial charge on any atom is -0.372 e. The van der Waals surface area contributed by atoms with Crippen LogP contribution in [0.2, 0.25) is 5.02 Å². The highest BCUT2D eigenvalue weighted by Crippen LogP contribution is 2.32. The highest BCUT2D eigenvalue weighted by molar-refractivity contribution is 6.33. The molecule has 3 rings (SSSR count). The molecule has 1 N–H and O–H groups in total. The number of rotatable bonds is 5. The monoisotopic (exact) mass is 301 g/mol. The number of fused-ring (bicyclic) bond motifs is 1. The van der Waals surface area contributed by atoms with Gasteiger partial charge in [-0.15, -0.1) is 0 Å². The molecule has 1 heterocycles. The van der Waals surface area contributed by atoms with Gasteiger partial charge in [0.15, 0.2) is 0 Å². The highest BCUT2D eigenvalue weighted by atomic mass is 35.5. The van der Waals surface area contributed by atoms with Crippen molar-refractivity contribution in [2.45, 2.75) is 33.1 Å². The first-order chi connectivity index (χ1) is 10.3. The second-order valence-corrected chi connectivity index (χ2v) is 5.87. The van der Waals surface area contributed by atoms with Gasteiger partial charge < -0.3 is 10.1 Å². The minimum atomic E-state index is 0.708. The highest BCUT2D eigenvalue weighted by Gasteiger charge is 2.13. The summed E-state index contributed by atoms with van der Waals surface area (Å²) in [5, 5.41) is 4.21. The largest absolute Gasteiger partial charge is 0.372 e. The number of halogens is 1. The molecule has 0 unspecified atom stereocenters. The summed E-state index contributed by atoms with van der Waals surface area (Å²) in [6.07, 6.45) is 1.14. The van der Waals surface area contributed by atoms with Gasteiger partial charge in [-0.25, -0.2) is 0 Å². The van der Waals surface area contributed by atoms with Crippen molar-refractivity contribution in [2.75, 3.05) is 6.54 Å². The third-order valence-corrected chi connectivity index (χ3v) is 4.13.